The van der Waals surface area contributed by atoms with Gasteiger partial charge in [0.1, 0.15) is 10.6 Å². The van der Waals surface area contributed by atoms with Crippen LogP contribution >= 0.6 is 11.3 Å². The summed E-state index contributed by atoms with van der Waals surface area (Å²) in [6, 6.07) is 10.3. The number of rotatable bonds is 8. The Hall–Kier alpha value is -3.28. The van der Waals surface area contributed by atoms with Crippen molar-refractivity contribution in [1.82, 2.24) is 19.1 Å². The highest BCUT2D eigenvalue weighted by Gasteiger charge is 2.24. The number of amides is 1. The van der Waals surface area contributed by atoms with Crippen molar-refractivity contribution in [3.63, 3.8) is 0 Å². The van der Waals surface area contributed by atoms with E-state index in [1.165, 1.54) is 20.2 Å². The molecule has 0 saturated carbocycles. The number of benzene rings is 1. The van der Waals surface area contributed by atoms with Gasteiger partial charge < -0.3 is 10.1 Å². The minimum absolute atomic E-state index is 0.0167. The van der Waals surface area contributed by atoms with Crippen molar-refractivity contribution in [2.45, 2.75) is 25.3 Å². The lowest BCUT2D eigenvalue weighted by Crippen LogP contribution is -2.23. The number of anilines is 1. The highest BCUT2D eigenvalue weighted by Crippen LogP contribution is 2.30. The molecule has 0 spiro atoms. The number of carbonyl (C=O) groups is 1. The smallest absolute Gasteiger partial charge is 0.256 e. The van der Waals surface area contributed by atoms with Crippen LogP contribution in [0.25, 0.3) is 11.0 Å². The number of aromatic nitrogens is 3. The number of nitrogens with one attached hydrogen (secondary N) is 1. The first-order chi connectivity index (χ1) is 16.2. The Bertz CT molecular complexity index is 1440. The third kappa shape index (κ3) is 4.67. The van der Waals surface area contributed by atoms with E-state index in [4.69, 9.17) is 4.74 Å². The number of hydrogen-bond donors (Lipinski definition) is 1. The lowest BCUT2D eigenvalue weighted by molar-refractivity contribution is 0.102. The molecule has 3 aromatic heterocycles. The lowest BCUT2D eigenvalue weighted by Gasteiger charge is -2.17. The summed E-state index contributed by atoms with van der Waals surface area (Å²) in [7, 11) is -0.891. The predicted octanol–water partition coefficient (Wildman–Crippen LogP) is 3.75. The van der Waals surface area contributed by atoms with Crippen LogP contribution in [0.5, 0.6) is 5.75 Å². The molecule has 0 aliphatic heterocycles. The summed E-state index contributed by atoms with van der Waals surface area (Å²) in [5, 5.41) is 9.87. The van der Waals surface area contributed by atoms with Gasteiger partial charge in [-0.1, -0.05) is 6.07 Å². The van der Waals surface area contributed by atoms with Crippen LogP contribution in [0.3, 0.4) is 0 Å². The van der Waals surface area contributed by atoms with Gasteiger partial charge in [0.25, 0.3) is 5.91 Å². The number of ether oxygens (including phenoxy) is 1. The molecular weight excluding hydrogens is 474 g/mol. The predicted molar refractivity (Wildman–Crippen MR) is 132 cm³/mol. The van der Waals surface area contributed by atoms with Gasteiger partial charge >= 0.3 is 0 Å². The second-order valence-corrected chi connectivity index (χ2v) is 10.9. The van der Waals surface area contributed by atoms with Crippen LogP contribution in [0.1, 0.15) is 27.9 Å². The normalized spacial score (nSPS) is 11.8. The van der Waals surface area contributed by atoms with Crippen LogP contribution in [-0.2, 0) is 16.6 Å². The summed E-state index contributed by atoms with van der Waals surface area (Å²) >= 11 is 1.63. The van der Waals surface area contributed by atoms with Crippen LogP contribution in [0.4, 0.5) is 5.69 Å². The molecule has 0 aliphatic rings. The molecule has 0 saturated heterocycles. The summed E-state index contributed by atoms with van der Waals surface area (Å²) in [6.45, 7) is 4.46. The quantitative estimate of drug-likeness (QED) is 0.396. The number of fused-ring (bicyclic) bond motifs is 1. The van der Waals surface area contributed by atoms with E-state index < -0.39 is 10.0 Å². The van der Waals surface area contributed by atoms with Gasteiger partial charge in [-0.25, -0.2) is 22.4 Å². The first-order valence-electron chi connectivity index (χ1n) is 10.6. The summed E-state index contributed by atoms with van der Waals surface area (Å²) < 4.78 is 34.0. The monoisotopic (exact) mass is 499 g/mol. The Labute approximate surface area is 202 Å². The van der Waals surface area contributed by atoms with Gasteiger partial charge in [0.15, 0.2) is 5.65 Å². The highest BCUT2D eigenvalue weighted by atomic mass is 32.2. The minimum atomic E-state index is -3.78. The minimum Gasteiger partial charge on any atom is -0.492 e. The van der Waals surface area contributed by atoms with Crippen LogP contribution in [0, 0.1) is 6.92 Å². The summed E-state index contributed by atoms with van der Waals surface area (Å²) in [5.74, 6) is -0.158. The maximum Gasteiger partial charge on any atom is 0.256 e. The molecule has 3 heterocycles. The van der Waals surface area contributed by atoms with Gasteiger partial charge in [-0.3, -0.25) is 4.79 Å². The molecular formula is C23H25N5O4S2. The number of carbonyl (C=O) groups excluding carboxylic acids is 1. The van der Waals surface area contributed by atoms with E-state index in [-0.39, 0.29) is 16.6 Å². The number of hydrogen-bond acceptors (Lipinski definition) is 7. The average Bonchev–Trinajstić information content (AvgIpc) is 3.45. The Morgan fingerprint density at radius 2 is 2.03 bits per heavy atom. The van der Waals surface area contributed by atoms with Crippen molar-refractivity contribution in [2.75, 3.05) is 26.0 Å². The zero-order chi connectivity index (χ0) is 24.5. The van der Waals surface area contributed by atoms with E-state index in [0.717, 1.165) is 9.18 Å². The van der Waals surface area contributed by atoms with Gasteiger partial charge in [0.2, 0.25) is 10.0 Å². The van der Waals surface area contributed by atoms with E-state index >= 15 is 0 Å². The molecule has 0 unspecified atom stereocenters. The molecule has 1 amide bonds. The fourth-order valence-electron chi connectivity index (χ4n) is 3.48. The van der Waals surface area contributed by atoms with Gasteiger partial charge in [0.05, 0.1) is 30.3 Å². The first kappa shape index (κ1) is 23.9. The Balaban J connectivity index is 1.69. The van der Waals surface area contributed by atoms with Crippen LogP contribution in [0.2, 0.25) is 0 Å². The highest BCUT2D eigenvalue weighted by molar-refractivity contribution is 7.89. The molecule has 0 aliphatic carbocycles. The fourth-order valence-corrected chi connectivity index (χ4v) is 5.22. The zero-order valence-electron chi connectivity index (χ0n) is 19.3. The fraction of sp³-hybridized carbons (Fsp3) is 0.261. The van der Waals surface area contributed by atoms with E-state index in [1.54, 1.807) is 47.3 Å². The maximum absolute atomic E-state index is 13.2. The lowest BCUT2D eigenvalue weighted by atomic mass is 10.1. The SMILES string of the molecule is CCOc1ccc(NC(=O)c2cc(C)nc3c2cnn3Cc2cccs2)cc1S(=O)(=O)N(C)C. The van der Waals surface area contributed by atoms with Crippen molar-refractivity contribution in [3.8, 4) is 5.75 Å². The van der Waals surface area contributed by atoms with Crippen molar-refractivity contribution >= 4 is 44.0 Å². The van der Waals surface area contributed by atoms with E-state index in [2.05, 4.69) is 15.4 Å². The van der Waals surface area contributed by atoms with Crippen LogP contribution in [0.15, 0.2) is 52.9 Å². The van der Waals surface area contributed by atoms with E-state index in [0.29, 0.717) is 41.1 Å². The molecule has 0 atom stereocenters. The molecule has 1 aromatic carbocycles. The number of thiophene rings is 1. The first-order valence-corrected chi connectivity index (χ1v) is 12.9. The van der Waals surface area contributed by atoms with Gasteiger partial charge in [-0.15, -0.1) is 11.3 Å². The topological polar surface area (TPSA) is 106 Å². The largest absolute Gasteiger partial charge is 0.492 e. The Morgan fingerprint density at radius 3 is 2.71 bits per heavy atom. The Morgan fingerprint density at radius 1 is 1.24 bits per heavy atom. The second kappa shape index (κ2) is 9.53. The van der Waals surface area contributed by atoms with Crippen molar-refractivity contribution in [1.29, 1.82) is 0 Å². The average molecular weight is 500 g/mol. The molecule has 9 nitrogen and oxygen atoms in total. The molecule has 4 aromatic rings. The summed E-state index contributed by atoms with van der Waals surface area (Å²) in [5.41, 5.74) is 2.03. The van der Waals surface area contributed by atoms with Crippen molar-refractivity contribution in [3.05, 3.63) is 64.1 Å². The second-order valence-electron chi connectivity index (χ2n) is 7.77. The molecule has 11 heteroatoms. The number of sulfonamides is 1. The molecule has 1 N–H and O–H groups in total. The summed E-state index contributed by atoms with van der Waals surface area (Å²) in [6.07, 6.45) is 1.63. The van der Waals surface area contributed by atoms with E-state index in [9.17, 15) is 13.2 Å². The third-order valence-electron chi connectivity index (χ3n) is 5.13. The van der Waals surface area contributed by atoms with Gasteiger partial charge in [0, 0.05) is 30.4 Å². The van der Waals surface area contributed by atoms with Gasteiger partial charge in [-0.05, 0) is 49.6 Å². The number of aryl methyl sites for hydroxylation is 1. The molecule has 178 valence electrons. The number of pyridine rings is 1. The van der Waals surface area contributed by atoms with Crippen molar-refractivity contribution in [2.24, 2.45) is 0 Å². The third-order valence-corrected chi connectivity index (χ3v) is 7.83. The standard InChI is InChI=1S/C23H25N5O4S2/c1-5-32-20-9-8-16(12-21(20)34(30,31)27(3)4)26-23(29)18-11-15(2)25-22-19(18)13-24-28(22)14-17-7-6-10-33-17/h6-13H,5,14H2,1-4H3,(H,26,29). The van der Waals surface area contributed by atoms with Crippen LogP contribution in [-0.4, -0.2) is 54.1 Å². The molecule has 4 rings (SSSR count). The van der Waals surface area contributed by atoms with Crippen LogP contribution < -0.4 is 10.1 Å². The zero-order valence-corrected chi connectivity index (χ0v) is 20.9. The van der Waals surface area contributed by atoms with E-state index in [1.807, 2.05) is 24.4 Å². The maximum atomic E-state index is 13.2. The molecule has 0 bridgehead atoms. The molecule has 0 fully saturated rings. The number of nitrogens with zero attached hydrogens (tertiary/aromatic N) is 4. The van der Waals surface area contributed by atoms with Gasteiger partial charge in [-0.2, -0.15) is 5.10 Å². The Kier molecular flexibility index (Phi) is 6.69. The molecule has 0 radical (unpaired) electrons. The molecule has 34 heavy (non-hydrogen) atoms. The summed E-state index contributed by atoms with van der Waals surface area (Å²) in [4.78, 5) is 18.9. The van der Waals surface area contributed by atoms with Crippen molar-refractivity contribution < 1.29 is 17.9 Å².